The summed E-state index contributed by atoms with van der Waals surface area (Å²) >= 11 is 0. The van der Waals surface area contributed by atoms with Crippen molar-refractivity contribution in [2.75, 3.05) is 6.54 Å². The molecule has 0 aromatic carbocycles. The minimum Gasteiger partial charge on any atom is -0.355 e. The molecule has 0 aliphatic heterocycles. The van der Waals surface area contributed by atoms with Crippen molar-refractivity contribution in [3.8, 4) is 0 Å². The molecule has 0 heterocycles. The van der Waals surface area contributed by atoms with Crippen LogP contribution in [0.4, 0.5) is 13.2 Å². The van der Waals surface area contributed by atoms with Crippen LogP contribution in [0.5, 0.6) is 0 Å². The van der Waals surface area contributed by atoms with Gasteiger partial charge in [-0.25, -0.2) is 0 Å². The number of amides is 1. The molecule has 0 aromatic rings. The highest BCUT2D eigenvalue weighted by atomic mass is 19.4. The van der Waals surface area contributed by atoms with Gasteiger partial charge in [0, 0.05) is 13.0 Å². The fraction of sp³-hybridized carbons (Fsp3) is 0.909. The number of rotatable bonds is 7. The molecule has 0 spiro atoms. The summed E-state index contributed by atoms with van der Waals surface area (Å²) in [4.78, 5) is 11.4. The monoisotopic (exact) mass is 254 g/mol. The van der Waals surface area contributed by atoms with Crippen molar-refractivity contribution in [3.63, 3.8) is 0 Å². The van der Waals surface area contributed by atoms with E-state index in [2.05, 4.69) is 5.32 Å². The average Bonchev–Trinajstić information content (AvgIpc) is 2.13. The van der Waals surface area contributed by atoms with E-state index in [1.54, 1.807) is 0 Å². The van der Waals surface area contributed by atoms with E-state index >= 15 is 0 Å². The van der Waals surface area contributed by atoms with Crippen molar-refractivity contribution in [3.05, 3.63) is 0 Å². The van der Waals surface area contributed by atoms with Gasteiger partial charge < -0.3 is 11.1 Å². The summed E-state index contributed by atoms with van der Waals surface area (Å²) in [6.07, 6.45) is -3.99. The van der Waals surface area contributed by atoms with Gasteiger partial charge in [-0.3, -0.25) is 4.79 Å². The van der Waals surface area contributed by atoms with Crippen molar-refractivity contribution in [2.45, 2.75) is 51.7 Å². The summed E-state index contributed by atoms with van der Waals surface area (Å²) in [6, 6.07) is -0.572. The first kappa shape index (κ1) is 16.2. The predicted molar refractivity (Wildman–Crippen MR) is 60.3 cm³/mol. The molecular weight excluding hydrogens is 233 g/mol. The second-order valence-electron chi connectivity index (χ2n) is 4.60. The number of nitrogens with two attached hydrogens (primary N) is 1. The van der Waals surface area contributed by atoms with Gasteiger partial charge in [0.25, 0.3) is 0 Å². The van der Waals surface area contributed by atoms with Crippen molar-refractivity contribution in [1.82, 2.24) is 5.32 Å². The van der Waals surface area contributed by atoms with Crippen LogP contribution in [0.25, 0.3) is 0 Å². The number of carbonyl (C=O) groups excluding carboxylic acids is 1. The van der Waals surface area contributed by atoms with E-state index in [0.29, 0.717) is 18.8 Å². The molecule has 3 nitrogen and oxygen atoms in total. The van der Waals surface area contributed by atoms with E-state index in [0.717, 1.165) is 0 Å². The van der Waals surface area contributed by atoms with Crippen LogP contribution in [0.15, 0.2) is 0 Å². The van der Waals surface area contributed by atoms with Gasteiger partial charge in [0.1, 0.15) is 0 Å². The van der Waals surface area contributed by atoms with Crippen LogP contribution in [0.3, 0.4) is 0 Å². The van der Waals surface area contributed by atoms with Crippen LogP contribution < -0.4 is 11.1 Å². The van der Waals surface area contributed by atoms with Gasteiger partial charge >= 0.3 is 6.18 Å². The minimum atomic E-state index is -4.11. The molecule has 0 fully saturated rings. The lowest BCUT2D eigenvalue weighted by molar-refractivity contribution is -0.135. The number of alkyl halides is 3. The summed E-state index contributed by atoms with van der Waals surface area (Å²) < 4.78 is 35.4. The molecule has 0 rings (SSSR count). The molecule has 0 aliphatic rings. The second-order valence-corrected chi connectivity index (χ2v) is 4.60. The van der Waals surface area contributed by atoms with Crippen LogP contribution in [-0.4, -0.2) is 24.7 Å². The molecule has 0 unspecified atom stereocenters. The fourth-order valence-corrected chi connectivity index (χ4v) is 1.41. The Bertz CT molecular complexity index is 229. The highest BCUT2D eigenvalue weighted by Crippen LogP contribution is 2.21. The molecule has 0 aliphatic carbocycles. The van der Waals surface area contributed by atoms with Crippen LogP contribution in [0, 0.1) is 5.92 Å². The highest BCUT2D eigenvalue weighted by molar-refractivity contribution is 5.81. The SMILES string of the molecule is CC(C)C[C@H](N)C(=O)NCCCCC(F)(F)F. The molecule has 0 saturated heterocycles. The molecule has 1 amide bonds. The summed E-state index contributed by atoms with van der Waals surface area (Å²) in [7, 11) is 0. The number of hydrogen-bond acceptors (Lipinski definition) is 2. The van der Waals surface area contributed by atoms with Gasteiger partial charge in [0.05, 0.1) is 6.04 Å². The van der Waals surface area contributed by atoms with E-state index in [1.807, 2.05) is 13.8 Å². The molecule has 6 heteroatoms. The zero-order valence-electron chi connectivity index (χ0n) is 10.3. The topological polar surface area (TPSA) is 55.1 Å². The molecule has 0 saturated carbocycles. The summed E-state index contributed by atoms with van der Waals surface area (Å²) in [5.41, 5.74) is 5.61. The third-order valence-corrected chi connectivity index (χ3v) is 2.25. The summed E-state index contributed by atoms with van der Waals surface area (Å²) in [5.74, 6) is 0.0340. The van der Waals surface area contributed by atoms with Gasteiger partial charge in [-0.15, -0.1) is 0 Å². The van der Waals surface area contributed by atoms with Crippen LogP contribution >= 0.6 is 0 Å². The van der Waals surface area contributed by atoms with Crippen molar-refractivity contribution >= 4 is 5.91 Å². The van der Waals surface area contributed by atoms with E-state index in [-0.39, 0.29) is 18.9 Å². The molecule has 0 bridgehead atoms. The van der Waals surface area contributed by atoms with Gasteiger partial charge in [-0.1, -0.05) is 13.8 Å². The summed E-state index contributed by atoms with van der Waals surface area (Å²) in [5, 5.41) is 2.54. The van der Waals surface area contributed by atoms with Crippen LogP contribution in [0.2, 0.25) is 0 Å². The maximum Gasteiger partial charge on any atom is 0.389 e. The lowest BCUT2D eigenvalue weighted by Gasteiger charge is -2.14. The van der Waals surface area contributed by atoms with Crippen LogP contribution in [0.1, 0.15) is 39.5 Å². The molecule has 1 atom stereocenters. The van der Waals surface area contributed by atoms with Crippen LogP contribution in [-0.2, 0) is 4.79 Å². The van der Waals surface area contributed by atoms with Crippen molar-refractivity contribution in [1.29, 1.82) is 0 Å². The molecule has 17 heavy (non-hydrogen) atoms. The Morgan fingerprint density at radius 2 is 1.88 bits per heavy atom. The molecule has 3 N–H and O–H groups in total. The maximum atomic E-state index is 11.8. The Balaban J connectivity index is 3.58. The highest BCUT2D eigenvalue weighted by Gasteiger charge is 2.25. The smallest absolute Gasteiger partial charge is 0.355 e. The standard InChI is InChI=1S/C11H21F3N2O/c1-8(2)7-9(15)10(17)16-6-4-3-5-11(12,13)14/h8-9H,3-7,15H2,1-2H3,(H,16,17)/t9-/m0/s1. The first-order valence-electron chi connectivity index (χ1n) is 5.82. The zero-order chi connectivity index (χ0) is 13.5. The number of carbonyl (C=O) groups is 1. The van der Waals surface area contributed by atoms with Gasteiger partial charge in [-0.2, -0.15) is 13.2 Å². The Hall–Kier alpha value is -0.780. The molecule has 102 valence electrons. The fourth-order valence-electron chi connectivity index (χ4n) is 1.41. The zero-order valence-corrected chi connectivity index (χ0v) is 10.3. The van der Waals surface area contributed by atoms with Gasteiger partial charge in [0.15, 0.2) is 0 Å². The average molecular weight is 254 g/mol. The third-order valence-electron chi connectivity index (χ3n) is 2.25. The number of halogens is 3. The quantitative estimate of drug-likeness (QED) is 0.684. The number of unbranched alkanes of at least 4 members (excludes halogenated alkanes) is 1. The lowest BCUT2D eigenvalue weighted by atomic mass is 10.0. The van der Waals surface area contributed by atoms with Gasteiger partial charge in [-0.05, 0) is 25.2 Å². The minimum absolute atomic E-state index is 0.0310. The largest absolute Gasteiger partial charge is 0.389 e. The second kappa shape index (κ2) is 7.53. The Morgan fingerprint density at radius 1 is 1.29 bits per heavy atom. The Morgan fingerprint density at radius 3 is 2.35 bits per heavy atom. The van der Waals surface area contributed by atoms with E-state index in [9.17, 15) is 18.0 Å². The molecule has 0 aromatic heterocycles. The number of nitrogens with one attached hydrogen (secondary N) is 1. The van der Waals surface area contributed by atoms with Crippen molar-refractivity contribution < 1.29 is 18.0 Å². The predicted octanol–water partition coefficient (Wildman–Crippen LogP) is 2.21. The van der Waals surface area contributed by atoms with Crippen molar-refractivity contribution in [2.24, 2.45) is 11.7 Å². The molecule has 0 radical (unpaired) electrons. The number of hydrogen-bond donors (Lipinski definition) is 2. The summed E-state index contributed by atoms with van der Waals surface area (Å²) in [6.45, 7) is 4.16. The Kier molecular flexibility index (Phi) is 7.18. The Labute approximate surface area is 99.9 Å². The van der Waals surface area contributed by atoms with E-state index in [1.165, 1.54) is 0 Å². The normalized spacial score (nSPS) is 13.8. The van der Waals surface area contributed by atoms with E-state index in [4.69, 9.17) is 5.73 Å². The maximum absolute atomic E-state index is 11.8. The van der Waals surface area contributed by atoms with Gasteiger partial charge in [0.2, 0.25) is 5.91 Å². The first-order valence-corrected chi connectivity index (χ1v) is 5.82. The van der Waals surface area contributed by atoms with E-state index < -0.39 is 18.6 Å². The molecular formula is C11H21F3N2O. The first-order chi connectivity index (χ1) is 7.72. The lowest BCUT2D eigenvalue weighted by Crippen LogP contribution is -2.41. The third kappa shape index (κ3) is 10.1.